The fourth-order valence-corrected chi connectivity index (χ4v) is 1.43. The van der Waals surface area contributed by atoms with Crippen molar-refractivity contribution in [1.82, 2.24) is 14.5 Å². The molecule has 0 unspecified atom stereocenters. The molecule has 0 bridgehead atoms. The average Bonchev–Trinajstić information content (AvgIpc) is 2.58. The van der Waals surface area contributed by atoms with Gasteiger partial charge >= 0.3 is 0 Å². The second kappa shape index (κ2) is 3.75. The number of fused-ring (bicyclic) bond motifs is 1. The fraction of sp³-hybridized carbons (Fsp3) is 0.333. The summed E-state index contributed by atoms with van der Waals surface area (Å²) in [7, 11) is 0. The van der Waals surface area contributed by atoms with Crippen LogP contribution >= 0.6 is 11.6 Å². The van der Waals surface area contributed by atoms with Gasteiger partial charge in [0, 0.05) is 18.6 Å². The lowest BCUT2D eigenvalue weighted by Crippen LogP contribution is -1.96. The molecule has 68 valence electrons. The molecule has 0 radical (unpaired) electrons. The Morgan fingerprint density at radius 2 is 2.38 bits per heavy atom. The van der Waals surface area contributed by atoms with Crippen LogP contribution in [0.5, 0.6) is 0 Å². The highest BCUT2D eigenvalue weighted by Crippen LogP contribution is 2.10. The quantitative estimate of drug-likeness (QED) is 0.702. The molecule has 0 fully saturated rings. The van der Waals surface area contributed by atoms with E-state index < -0.39 is 0 Å². The first-order valence-corrected chi connectivity index (χ1v) is 4.76. The van der Waals surface area contributed by atoms with Crippen molar-refractivity contribution in [3.8, 4) is 0 Å². The molecule has 0 saturated carbocycles. The predicted molar refractivity (Wildman–Crippen MR) is 52.9 cm³/mol. The van der Waals surface area contributed by atoms with Gasteiger partial charge in [-0.1, -0.05) is 0 Å². The minimum Gasteiger partial charge on any atom is -0.329 e. The highest BCUT2D eigenvalue weighted by atomic mass is 35.5. The van der Waals surface area contributed by atoms with Gasteiger partial charge in [-0.25, -0.2) is 4.98 Å². The monoisotopic (exact) mass is 195 g/mol. The first-order chi connectivity index (χ1) is 6.42. The first kappa shape index (κ1) is 8.51. The van der Waals surface area contributed by atoms with Crippen LogP contribution in [0.15, 0.2) is 24.8 Å². The Hall–Kier alpha value is -1.09. The van der Waals surface area contributed by atoms with Gasteiger partial charge in [-0.3, -0.25) is 4.98 Å². The van der Waals surface area contributed by atoms with Crippen LogP contribution in [0.1, 0.15) is 6.42 Å². The third-order valence-corrected chi connectivity index (χ3v) is 2.22. The standard InChI is InChI=1S/C9H10ClN3/c10-3-1-5-13-7-12-8-2-4-11-6-9(8)13/h2,4,6-7H,1,3,5H2. The Bertz CT molecular complexity index is 396. The largest absolute Gasteiger partial charge is 0.329 e. The zero-order valence-corrected chi connectivity index (χ0v) is 7.91. The molecule has 0 aliphatic heterocycles. The van der Waals surface area contributed by atoms with Gasteiger partial charge in [0.1, 0.15) is 0 Å². The molecule has 3 nitrogen and oxygen atoms in total. The fourth-order valence-electron chi connectivity index (χ4n) is 1.31. The Balaban J connectivity index is 2.35. The maximum Gasteiger partial charge on any atom is 0.0958 e. The second-order valence-corrected chi connectivity index (χ2v) is 3.22. The van der Waals surface area contributed by atoms with Crippen molar-refractivity contribution in [2.45, 2.75) is 13.0 Å². The van der Waals surface area contributed by atoms with Crippen LogP contribution in [0.4, 0.5) is 0 Å². The highest BCUT2D eigenvalue weighted by molar-refractivity contribution is 6.17. The van der Waals surface area contributed by atoms with Gasteiger partial charge in [0.05, 0.1) is 23.6 Å². The summed E-state index contributed by atoms with van der Waals surface area (Å²) in [4.78, 5) is 8.31. The number of imidazole rings is 1. The second-order valence-electron chi connectivity index (χ2n) is 2.84. The molecular weight excluding hydrogens is 186 g/mol. The molecule has 2 aromatic heterocycles. The van der Waals surface area contributed by atoms with Crippen LogP contribution in [-0.2, 0) is 6.54 Å². The molecule has 13 heavy (non-hydrogen) atoms. The van der Waals surface area contributed by atoms with E-state index in [1.54, 1.807) is 6.20 Å². The van der Waals surface area contributed by atoms with E-state index in [1.165, 1.54) is 0 Å². The number of nitrogens with zero attached hydrogens (tertiary/aromatic N) is 3. The van der Waals surface area contributed by atoms with Gasteiger partial charge in [-0.2, -0.15) is 0 Å². The van der Waals surface area contributed by atoms with E-state index in [-0.39, 0.29) is 0 Å². The van der Waals surface area contributed by atoms with Crippen molar-refractivity contribution in [3.05, 3.63) is 24.8 Å². The number of halogens is 1. The molecule has 4 heteroatoms. The van der Waals surface area contributed by atoms with Crippen molar-refractivity contribution in [3.63, 3.8) is 0 Å². The topological polar surface area (TPSA) is 30.7 Å². The molecule has 0 atom stereocenters. The van der Waals surface area contributed by atoms with Crippen LogP contribution in [0.25, 0.3) is 11.0 Å². The number of alkyl halides is 1. The summed E-state index contributed by atoms with van der Waals surface area (Å²) in [5.74, 6) is 0.680. The number of aryl methyl sites for hydroxylation is 1. The SMILES string of the molecule is ClCCCn1cnc2ccncc21. The summed E-state index contributed by atoms with van der Waals surface area (Å²) in [5.41, 5.74) is 2.07. The number of pyridine rings is 1. The van der Waals surface area contributed by atoms with Crippen molar-refractivity contribution in [2.24, 2.45) is 0 Å². The van der Waals surface area contributed by atoms with Gasteiger partial charge in [0.25, 0.3) is 0 Å². The minimum atomic E-state index is 0.680. The minimum absolute atomic E-state index is 0.680. The summed E-state index contributed by atoms with van der Waals surface area (Å²) in [6.45, 7) is 0.908. The lowest BCUT2D eigenvalue weighted by Gasteiger charge is -2.00. The van der Waals surface area contributed by atoms with Crippen LogP contribution in [0.2, 0.25) is 0 Å². The summed E-state index contributed by atoms with van der Waals surface area (Å²) >= 11 is 5.62. The molecule has 0 aliphatic rings. The molecular formula is C9H10ClN3. The van der Waals surface area contributed by atoms with Crippen molar-refractivity contribution >= 4 is 22.6 Å². The van der Waals surface area contributed by atoms with E-state index >= 15 is 0 Å². The Morgan fingerprint density at radius 1 is 1.46 bits per heavy atom. The molecule has 0 N–H and O–H groups in total. The maximum atomic E-state index is 5.62. The molecule has 0 aromatic carbocycles. The summed E-state index contributed by atoms with van der Waals surface area (Å²) in [5, 5.41) is 0. The average molecular weight is 196 g/mol. The highest BCUT2D eigenvalue weighted by Gasteiger charge is 2.00. The lowest BCUT2D eigenvalue weighted by molar-refractivity contribution is 0.700. The third-order valence-electron chi connectivity index (χ3n) is 1.96. The smallest absolute Gasteiger partial charge is 0.0958 e. The van der Waals surface area contributed by atoms with E-state index in [2.05, 4.69) is 14.5 Å². The van der Waals surface area contributed by atoms with Crippen molar-refractivity contribution < 1.29 is 0 Å². The Labute approximate surface area is 81.4 Å². The molecule has 0 aliphatic carbocycles. The van der Waals surface area contributed by atoms with E-state index in [9.17, 15) is 0 Å². The van der Waals surface area contributed by atoms with E-state index in [0.717, 1.165) is 24.0 Å². The van der Waals surface area contributed by atoms with Crippen LogP contribution in [0.3, 0.4) is 0 Å². The molecule has 2 rings (SSSR count). The summed E-state index contributed by atoms with van der Waals surface area (Å²) in [6, 6.07) is 1.91. The van der Waals surface area contributed by atoms with Crippen molar-refractivity contribution in [2.75, 3.05) is 5.88 Å². The number of rotatable bonds is 3. The van der Waals surface area contributed by atoms with Gasteiger partial charge in [0.15, 0.2) is 0 Å². The van der Waals surface area contributed by atoms with Crippen LogP contribution in [0, 0.1) is 0 Å². The van der Waals surface area contributed by atoms with E-state index in [4.69, 9.17) is 11.6 Å². The zero-order valence-electron chi connectivity index (χ0n) is 7.15. The van der Waals surface area contributed by atoms with E-state index in [0.29, 0.717) is 5.88 Å². The number of aromatic nitrogens is 3. The lowest BCUT2D eigenvalue weighted by atomic mass is 10.4. The zero-order chi connectivity index (χ0) is 9.10. The molecule has 0 spiro atoms. The van der Waals surface area contributed by atoms with Crippen LogP contribution in [-0.4, -0.2) is 20.4 Å². The molecule has 0 amide bonds. The molecule has 2 aromatic rings. The van der Waals surface area contributed by atoms with Crippen LogP contribution < -0.4 is 0 Å². The maximum absolute atomic E-state index is 5.62. The number of hydrogen-bond acceptors (Lipinski definition) is 2. The summed E-state index contributed by atoms with van der Waals surface area (Å²) < 4.78 is 2.07. The molecule has 2 heterocycles. The van der Waals surface area contributed by atoms with Gasteiger partial charge in [-0.15, -0.1) is 11.6 Å². The van der Waals surface area contributed by atoms with Crippen molar-refractivity contribution in [1.29, 1.82) is 0 Å². The van der Waals surface area contributed by atoms with Gasteiger partial charge in [0.2, 0.25) is 0 Å². The number of hydrogen-bond donors (Lipinski definition) is 0. The van der Waals surface area contributed by atoms with Gasteiger partial charge in [-0.05, 0) is 12.5 Å². The third kappa shape index (κ3) is 1.65. The predicted octanol–water partition coefficient (Wildman–Crippen LogP) is 2.06. The summed E-state index contributed by atoms with van der Waals surface area (Å²) in [6.07, 6.45) is 6.37. The van der Waals surface area contributed by atoms with E-state index in [1.807, 2.05) is 18.6 Å². The first-order valence-electron chi connectivity index (χ1n) is 4.22. The Kier molecular flexibility index (Phi) is 2.45. The molecule has 0 saturated heterocycles. The normalized spacial score (nSPS) is 10.8. The van der Waals surface area contributed by atoms with Gasteiger partial charge < -0.3 is 4.57 Å². The Morgan fingerprint density at radius 3 is 3.23 bits per heavy atom.